The van der Waals surface area contributed by atoms with Gasteiger partial charge in [-0.15, -0.1) is 0 Å². The zero-order valence-electron chi connectivity index (χ0n) is 14.0. The number of benzene rings is 1. The summed E-state index contributed by atoms with van der Waals surface area (Å²) < 4.78 is 27.5. The number of rotatable bonds is 2. The van der Waals surface area contributed by atoms with E-state index < -0.39 is 0 Å². The minimum Gasteiger partial charge on any atom is -0.355 e. The first-order chi connectivity index (χ1) is 12.7. The molecule has 0 radical (unpaired) electrons. The average Bonchev–Trinajstić information content (AvgIpc) is 3.20. The van der Waals surface area contributed by atoms with E-state index in [9.17, 15) is 8.78 Å². The van der Waals surface area contributed by atoms with Gasteiger partial charge < -0.3 is 9.80 Å². The number of hydrogen-bond acceptors (Lipinski definition) is 5. The first-order valence-electron chi connectivity index (χ1n) is 8.70. The number of aromatic nitrogens is 3. The molecule has 5 nitrogen and oxygen atoms in total. The van der Waals surface area contributed by atoms with E-state index in [2.05, 4.69) is 19.9 Å². The molecule has 2 saturated heterocycles. The fourth-order valence-electron chi connectivity index (χ4n) is 4.22. The van der Waals surface area contributed by atoms with Crippen LogP contribution in [-0.2, 0) is 0 Å². The minimum atomic E-state index is -0.298. The van der Waals surface area contributed by atoms with Crippen LogP contribution in [0.4, 0.5) is 20.4 Å². The molecule has 0 spiro atoms. The van der Waals surface area contributed by atoms with E-state index in [0.29, 0.717) is 23.2 Å². The smallest absolute Gasteiger partial charge is 0.165 e. The largest absolute Gasteiger partial charge is 0.355 e. The topological polar surface area (TPSA) is 45.2 Å². The molecule has 4 heterocycles. The highest BCUT2D eigenvalue weighted by molar-refractivity contribution is 5.89. The van der Waals surface area contributed by atoms with Crippen molar-refractivity contribution in [3.63, 3.8) is 0 Å². The lowest BCUT2D eigenvalue weighted by atomic mass is 10.0. The van der Waals surface area contributed by atoms with Crippen molar-refractivity contribution in [3.8, 4) is 0 Å². The molecule has 0 saturated carbocycles. The second kappa shape index (κ2) is 5.86. The summed E-state index contributed by atoms with van der Waals surface area (Å²) in [6.07, 6.45) is 3.12. The maximum atomic E-state index is 14.0. The van der Waals surface area contributed by atoms with Crippen LogP contribution in [0.25, 0.3) is 10.9 Å². The standard InChI is InChI=1S/C19H17F2N5/c20-14-3-4-15-17(6-14)23-11-24-18(15)25-7-12-9-26(10-13(12)8-25)19-16(21)2-1-5-22-19/h1-6,11-13H,7-10H2. The highest BCUT2D eigenvalue weighted by Gasteiger charge is 2.41. The van der Waals surface area contributed by atoms with Crippen molar-refractivity contribution in [1.29, 1.82) is 0 Å². The molecule has 26 heavy (non-hydrogen) atoms. The van der Waals surface area contributed by atoms with Crippen LogP contribution in [0, 0.1) is 23.5 Å². The van der Waals surface area contributed by atoms with Gasteiger partial charge in [-0.2, -0.15) is 0 Å². The van der Waals surface area contributed by atoms with Gasteiger partial charge >= 0.3 is 0 Å². The highest BCUT2D eigenvalue weighted by Crippen LogP contribution is 2.37. The first kappa shape index (κ1) is 15.4. The Bertz CT molecular complexity index is 965. The molecule has 2 aromatic heterocycles. The van der Waals surface area contributed by atoms with Gasteiger partial charge in [-0.3, -0.25) is 0 Å². The van der Waals surface area contributed by atoms with Crippen LogP contribution in [0.2, 0.25) is 0 Å². The molecule has 0 aliphatic carbocycles. The molecule has 2 atom stereocenters. The van der Waals surface area contributed by atoms with Gasteiger partial charge in [0.25, 0.3) is 0 Å². The second-order valence-corrected chi connectivity index (χ2v) is 7.00. The van der Waals surface area contributed by atoms with Gasteiger partial charge in [-0.1, -0.05) is 0 Å². The molecule has 2 aliphatic heterocycles. The molecule has 0 N–H and O–H groups in total. The van der Waals surface area contributed by atoms with Crippen LogP contribution in [0.1, 0.15) is 0 Å². The van der Waals surface area contributed by atoms with Gasteiger partial charge in [0.15, 0.2) is 11.6 Å². The fraction of sp³-hybridized carbons (Fsp3) is 0.316. The molecule has 132 valence electrons. The molecule has 2 aliphatic rings. The molecule has 7 heteroatoms. The van der Waals surface area contributed by atoms with E-state index in [1.165, 1.54) is 24.5 Å². The molecular formula is C19H17F2N5. The van der Waals surface area contributed by atoms with Crippen LogP contribution < -0.4 is 9.80 Å². The Labute approximate surface area is 149 Å². The number of halogens is 2. The van der Waals surface area contributed by atoms with Crippen molar-refractivity contribution in [3.05, 3.63) is 54.5 Å². The summed E-state index contributed by atoms with van der Waals surface area (Å²) in [5.74, 6) is 1.58. The van der Waals surface area contributed by atoms with E-state index in [1.807, 2.05) is 4.90 Å². The zero-order valence-corrected chi connectivity index (χ0v) is 14.0. The normalized spacial score (nSPS) is 22.2. The number of anilines is 2. The molecule has 0 amide bonds. The Morgan fingerprint density at radius 3 is 2.31 bits per heavy atom. The van der Waals surface area contributed by atoms with Crippen LogP contribution >= 0.6 is 0 Å². The average molecular weight is 353 g/mol. The number of fused-ring (bicyclic) bond motifs is 2. The van der Waals surface area contributed by atoms with Crippen LogP contribution in [0.5, 0.6) is 0 Å². The summed E-state index contributed by atoms with van der Waals surface area (Å²) in [4.78, 5) is 17.1. The molecule has 1 aromatic carbocycles. The molecular weight excluding hydrogens is 336 g/mol. The van der Waals surface area contributed by atoms with E-state index in [4.69, 9.17) is 0 Å². The molecule has 2 fully saturated rings. The van der Waals surface area contributed by atoms with Gasteiger partial charge in [0.05, 0.1) is 5.52 Å². The Morgan fingerprint density at radius 1 is 0.846 bits per heavy atom. The summed E-state index contributed by atoms with van der Waals surface area (Å²) in [5.41, 5.74) is 0.615. The summed E-state index contributed by atoms with van der Waals surface area (Å²) in [7, 11) is 0. The Balaban J connectivity index is 1.38. The molecule has 2 unspecified atom stereocenters. The van der Waals surface area contributed by atoms with Crippen molar-refractivity contribution < 1.29 is 8.78 Å². The summed E-state index contributed by atoms with van der Waals surface area (Å²) in [5, 5.41) is 0.863. The van der Waals surface area contributed by atoms with E-state index in [-0.39, 0.29) is 11.6 Å². The SMILES string of the molecule is Fc1ccc2c(N3CC4CN(c5ncccc5F)CC4C3)ncnc2c1. The molecule has 0 bridgehead atoms. The second-order valence-electron chi connectivity index (χ2n) is 7.00. The third-order valence-electron chi connectivity index (χ3n) is 5.40. The van der Waals surface area contributed by atoms with Crippen LogP contribution in [0.15, 0.2) is 42.9 Å². The zero-order chi connectivity index (χ0) is 17.7. The van der Waals surface area contributed by atoms with Crippen LogP contribution in [0.3, 0.4) is 0 Å². The Hall–Kier alpha value is -2.83. The predicted molar refractivity (Wildman–Crippen MR) is 95.1 cm³/mol. The van der Waals surface area contributed by atoms with Crippen molar-refractivity contribution in [2.45, 2.75) is 0 Å². The number of hydrogen-bond donors (Lipinski definition) is 0. The highest BCUT2D eigenvalue weighted by atomic mass is 19.1. The Kier molecular flexibility index (Phi) is 3.48. The number of pyridine rings is 1. The maximum absolute atomic E-state index is 14.0. The van der Waals surface area contributed by atoms with Crippen molar-refractivity contribution in [2.24, 2.45) is 11.8 Å². The minimum absolute atomic E-state index is 0.270. The van der Waals surface area contributed by atoms with Crippen molar-refractivity contribution in [2.75, 3.05) is 36.0 Å². The fourth-order valence-corrected chi connectivity index (χ4v) is 4.22. The third kappa shape index (κ3) is 2.46. The van der Waals surface area contributed by atoms with Crippen molar-refractivity contribution in [1.82, 2.24) is 15.0 Å². The molecule has 5 rings (SSSR count). The lowest BCUT2D eigenvalue weighted by Gasteiger charge is -2.24. The van der Waals surface area contributed by atoms with Gasteiger partial charge in [-0.25, -0.2) is 23.7 Å². The predicted octanol–water partition coefficient (Wildman–Crippen LogP) is 2.88. The van der Waals surface area contributed by atoms with E-state index in [0.717, 1.165) is 37.4 Å². The Morgan fingerprint density at radius 2 is 1.58 bits per heavy atom. The lowest BCUT2D eigenvalue weighted by Crippen LogP contribution is -2.30. The monoisotopic (exact) mass is 353 g/mol. The van der Waals surface area contributed by atoms with Gasteiger partial charge in [0.1, 0.15) is 18.0 Å². The lowest BCUT2D eigenvalue weighted by molar-refractivity contribution is 0.533. The summed E-state index contributed by atoms with van der Waals surface area (Å²) in [6.45, 7) is 3.26. The maximum Gasteiger partial charge on any atom is 0.165 e. The van der Waals surface area contributed by atoms with Gasteiger partial charge in [0, 0.05) is 55.7 Å². The van der Waals surface area contributed by atoms with E-state index >= 15 is 0 Å². The van der Waals surface area contributed by atoms with Crippen LogP contribution in [-0.4, -0.2) is 41.1 Å². The number of nitrogens with zero attached hydrogens (tertiary/aromatic N) is 5. The third-order valence-corrected chi connectivity index (χ3v) is 5.40. The molecule has 3 aromatic rings. The van der Waals surface area contributed by atoms with Crippen molar-refractivity contribution >= 4 is 22.5 Å². The van der Waals surface area contributed by atoms with E-state index in [1.54, 1.807) is 18.3 Å². The van der Waals surface area contributed by atoms with Gasteiger partial charge in [0.2, 0.25) is 0 Å². The quantitative estimate of drug-likeness (QED) is 0.709. The summed E-state index contributed by atoms with van der Waals surface area (Å²) >= 11 is 0. The summed E-state index contributed by atoms with van der Waals surface area (Å²) in [6, 6.07) is 7.68. The first-order valence-corrected chi connectivity index (χ1v) is 8.70. The van der Waals surface area contributed by atoms with Gasteiger partial charge in [-0.05, 0) is 24.3 Å².